The van der Waals surface area contributed by atoms with E-state index < -0.39 is 26.4 Å². The average molecular weight is 453 g/mol. The number of amides is 3. The molecule has 1 saturated carbocycles. The molecule has 1 aromatic carbocycles. The predicted octanol–water partition coefficient (Wildman–Crippen LogP) is 2.23. The van der Waals surface area contributed by atoms with Gasteiger partial charge in [0.2, 0.25) is 0 Å². The first-order valence-electron chi connectivity index (χ1n) is 10.5. The highest BCUT2D eigenvalue weighted by molar-refractivity contribution is 7.90. The molecule has 1 aromatic rings. The number of carbonyl (C=O) groups is 2. The SMILES string of the molecule is CS(=O)(=O)c1cc(C(=O)N2CCC(NC(=O)NC3CCCCC3)CC2)cc([N+](=O)[O-])c1. The van der Waals surface area contributed by atoms with Crippen molar-refractivity contribution in [1.82, 2.24) is 15.5 Å². The fraction of sp³-hybridized carbons (Fsp3) is 0.600. The highest BCUT2D eigenvalue weighted by Gasteiger charge is 2.27. The topological polar surface area (TPSA) is 139 Å². The highest BCUT2D eigenvalue weighted by Crippen LogP contribution is 2.23. The van der Waals surface area contributed by atoms with Crippen LogP contribution < -0.4 is 10.6 Å². The molecule has 0 bridgehead atoms. The maximum absolute atomic E-state index is 12.9. The third-order valence-electron chi connectivity index (χ3n) is 5.83. The van der Waals surface area contributed by atoms with Gasteiger partial charge >= 0.3 is 6.03 Å². The number of hydrogen-bond acceptors (Lipinski definition) is 6. The van der Waals surface area contributed by atoms with Crippen LogP contribution in [0, 0.1) is 10.1 Å². The lowest BCUT2D eigenvalue weighted by Gasteiger charge is -2.33. The van der Waals surface area contributed by atoms with Gasteiger partial charge in [0.25, 0.3) is 11.6 Å². The monoisotopic (exact) mass is 452 g/mol. The maximum Gasteiger partial charge on any atom is 0.315 e. The van der Waals surface area contributed by atoms with E-state index in [-0.39, 0.29) is 28.6 Å². The Labute approximate surface area is 181 Å². The maximum atomic E-state index is 12.9. The van der Waals surface area contributed by atoms with E-state index in [0.717, 1.165) is 44.1 Å². The minimum atomic E-state index is -3.71. The molecule has 2 aliphatic rings. The number of likely N-dealkylation sites (tertiary alicyclic amines) is 1. The lowest BCUT2D eigenvalue weighted by molar-refractivity contribution is -0.385. The molecule has 0 aromatic heterocycles. The first kappa shape index (κ1) is 23.0. The minimum Gasteiger partial charge on any atom is -0.338 e. The molecular formula is C20H28N4O6S. The van der Waals surface area contributed by atoms with Crippen molar-refractivity contribution in [1.29, 1.82) is 0 Å². The van der Waals surface area contributed by atoms with Gasteiger partial charge in [-0.25, -0.2) is 13.2 Å². The van der Waals surface area contributed by atoms with Crippen LogP contribution in [-0.2, 0) is 9.84 Å². The van der Waals surface area contributed by atoms with Gasteiger partial charge in [-0.05, 0) is 31.7 Å². The molecule has 10 nitrogen and oxygen atoms in total. The molecule has 0 radical (unpaired) electrons. The van der Waals surface area contributed by atoms with Crippen molar-refractivity contribution in [3.8, 4) is 0 Å². The van der Waals surface area contributed by atoms with Crippen LogP contribution in [0.3, 0.4) is 0 Å². The number of non-ortho nitro benzene ring substituents is 1. The average Bonchev–Trinajstić information content (AvgIpc) is 2.73. The second kappa shape index (κ2) is 9.63. The molecule has 1 aliphatic heterocycles. The van der Waals surface area contributed by atoms with Gasteiger partial charge in [-0.3, -0.25) is 14.9 Å². The summed E-state index contributed by atoms with van der Waals surface area (Å²) in [4.78, 5) is 36.8. The van der Waals surface area contributed by atoms with Crippen molar-refractivity contribution >= 4 is 27.5 Å². The molecule has 1 heterocycles. The number of nitrogens with one attached hydrogen (secondary N) is 2. The number of nitro benzene ring substituents is 1. The summed E-state index contributed by atoms with van der Waals surface area (Å²) in [5.74, 6) is -0.460. The summed E-state index contributed by atoms with van der Waals surface area (Å²) >= 11 is 0. The normalized spacial score (nSPS) is 18.4. The summed E-state index contributed by atoms with van der Waals surface area (Å²) < 4.78 is 23.7. The van der Waals surface area contributed by atoms with E-state index in [9.17, 15) is 28.1 Å². The third-order valence-corrected chi connectivity index (χ3v) is 6.93. The summed E-state index contributed by atoms with van der Waals surface area (Å²) in [6.07, 6.45) is 7.51. The van der Waals surface area contributed by atoms with Crippen LogP contribution in [-0.4, -0.2) is 61.6 Å². The molecular weight excluding hydrogens is 424 g/mol. The summed E-state index contributed by atoms with van der Waals surface area (Å²) in [5.41, 5.74) is -0.474. The molecule has 2 N–H and O–H groups in total. The number of carbonyl (C=O) groups excluding carboxylic acids is 2. The van der Waals surface area contributed by atoms with Crippen LogP contribution in [0.4, 0.5) is 10.5 Å². The summed E-state index contributed by atoms with van der Waals surface area (Å²) in [5, 5.41) is 17.1. The number of rotatable bonds is 5. The lowest BCUT2D eigenvalue weighted by Crippen LogP contribution is -2.51. The van der Waals surface area contributed by atoms with Crippen LogP contribution in [0.5, 0.6) is 0 Å². The van der Waals surface area contributed by atoms with Crippen molar-refractivity contribution in [2.75, 3.05) is 19.3 Å². The standard InChI is InChI=1S/C20H28N4O6S/c1-31(29,30)18-12-14(11-17(13-18)24(27)28)19(25)23-9-7-16(8-10-23)22-20(26)21-15-5-3-2-4-6-15/h11-13,15-16H,2-10H2,1H3,(H2,21,22,26). The summed E-state index contributed by atoms with van der Waals surface area (Å²) in [6, 6.07) is 3.18. The molecule has 0 atom stereocenters. The zero-order valence-electron chi connectivity index (χ0n) is 17.5. The van der Waals surface area contributed by atoms with Crippen LogP contribution >= 0.6 is 0 Å². The second-order valence-corrected chi connectivity index (χ2v) is 10.3. The zero-order valence-corrected chi connectivity index (χ0v) is 18.3. The third kappa shape index (κ3) is 6.16. The highest BCUT2D eigenvalue weighted by atomic mass is 32.2. The molecule has 1 aliphatic carbocycles. The largest absolute Gasteiger partial charge is 0.338 e. The van der Waals surface area contributed by atoms with Crippen LogP contribution in [0.1, 0.15) is 55.3 Å². The second-order valence-electron chi connectivity index (χ2n) is 8.26. The van der Waals surface area contributed by atoms with Crippen LogP contribution in [0.2, 0.25) is 0 Å². The Morgan fingerprint density at radius 1 is 1.00 bits per heavy atom. The number of sulfone groups is 1. The Hall–Kier alpha value is -2.69. The van der Waals surface area contributed by atoms with E-state index in [1.54, 1.807) is 0 Å². The predicted molar refractivity (Wildman–Crippen MR) is 114 cm³/mol. The van der Waals surface area contributed by atoms with Crippen molar-refractivity contribution in [2.45, 2.75) is 61.9 Å². The number of piperidine rings is 1. The van der Waals surface area contributed by atoms with Gasteiger partial charge in [0.05, 0.1) is 9.82 Å². The number of urea groups is 1. The fourth-order valence-electron chi connectivity index (χ4n) is 4.10. The van der Waals surface area contributed by atoms with E-state index in [1.807, 2.05) is 0 Å². The molecule has 3 rings (SSSR count). The van der Waals surface area contributed by atoms with E-state index in [0.29, 0.717) is 25.9 Å². The van der Waals surface area contributed by atoms with E-state index in [2.05, 4.69) is 10.6 Å². The van der Waals surface area contributed by atoms with Crippen molar-refractivity contribution < 1.29 is 22.9 Å². The van der Waals surface area contributed by atoms with Crippen LogP contribution in [0.25, 0.3) is 0 Å². The Bertz CT molecular complexity index is 950. The van der Waals surface area contributed by atoms with Gasteiger partial charge in [0, 0.05) is 49.1 Å². The number of hydrogen-bond donors (Lipinski definition) is 2. The zero-order chi connectivity index (χ0) is 22.6. The molecule has 2 fully saturated rings. The van der Waals surface area contributed by atoms with Crippen molar-refractivity contribution in [3.63, 3.8) is 0 Å². The van der Waals surface area contributed by atoms with E-state index in [1.165, 1.54) is 17.4 Å². The minimum absolute atomic E-state index is 0.0314. The van der Waals surface area contributed by atoms with Crippen molar-refractivity contribution in [3.05, 3.63) is 33.9 Å². The number of benzene rings is 1. The van der Waals surface area contributed by atoms with Gasteiger partial charge in [-0.2, -0.15) is 0 Å². The smallest absolute Gasteiger partial charge is 0.315 e. The molecule has 11 heteroatoms. The van der Waals surface area contributed by atoms with Gasteiger partial charge in [-0.15, -0.1) is 0 Å². The number of nitrogens with zero attached hydrogens (tertiary/aromatic N) is 2. The van der Waals surface area contributed by atoms with E-state index >= 15 is 0 Å². The quantitative estimate of drug-likeness (QED) is 0.519. The molecule has 170 valence electrons. The van der Waals surface area contributed by atoms with Crippen molar-refractivity contribution in [2.24, 2.45) is 0 Å². The Balaban J connectivity index is 1.59. The molecule has 0 unspecified atom stereocenters. The lowest BCUT2D eigenvalue weighted by atomic mass is 9.96. The van der Waals surface area contributed by atoms with Gasteiger partial charge < -0.3 is 15.5 Å². The summed E-state index contributed by atoms with van der Waals surface area (Å²) in [7, 11) is -3.71. The Morgan fingerprint density at radius 3 is 2.13 bits per heavy atom. The van der Waals surface area contributed by atoms with Gasteiger partial charge in [0.1, 0.15) is 0 Å². The fourth-order valence-corrected chi connectivity index (χ4v) is 4.77. The van der Waals surface area contributed by atoms with Gasteiger partial charge in [-0.1, -0.05) is 19.3 Å². The molecule has 1 saturated heterocycles. The van der Waals surface area contributed by atoms with Crippen LogP contribution in [0.15, 0.2) is 23.1 Å². The summed E-state index contributed by atoms with van der Waals surface area (Å²) in [6.45, 7) is 0.730. The van der Waals surface area contributed by atoms with Gasteiger partial charge in [0.15, 0.2) is 9.84 Å². The number of nitro groups is 1. The van der Waals surface area contributed by atoms with E-state index in [4.69, 9.17) is 0 Å². The Morgan fingerprint density at radius 2 is 1.58 bits per heavy atom. The molecule has 0 spiro atoms. The first-order valence-corrected chi connectivity index (χ1v) is 12.4. The first-order chi connectivity index (χ1) is 14.6. The molecule has 31 heavy (non-hydrogen) atoms. The Kier molecular flexibility index (Phi) is 7.14. The molecule has 3 amide bonds.